The van der Waals surface area contributed by atoms with Crippen molar-refractivity contribution in [1.82, 2.24) is 14.7 Å². The van der Waals surface area contributed by atoms with Crippen molar-refractivity contribution in [1.29, 1.82) is 0 Å². The van der Waals surface area contributed by atoms with Gasteiger partial charge in [0.25, 0.3) is 5.56 Å². The van der Waals surface area contributed by atoms with Crippen LogP contribution in [0.1, 0.15) is 35.5 Å². The van der Waals surface area contributed by atoms with Crippen molar-refractivity contribution in [3.8, 4) is 0 Å². The van der Waals surface area contributed by atoms with Gasteiger partial charge in [-0.15, -0.1) is 11.3 Å². The Hall–Kier alpha value is -2.47. The van der Waals surface area contributed by atoms with Gasteiger partial charge in [-0.1, -0.05) is 25.1 Å². The molecule has 3 aromatic rings. The zero-order chi connectivity index (χ0) is 18.3. The summed E-state index contributed by atoms with van der Waals surface area (Å²) >= 11 is 1.76. The molecule has 0 saturated carbocycles. The molecule has 1 atom stereocenters. The quantitative estimate of drug-likeness (QED) is 0.714. The van der Waals surface area contributed by atoms with Crippen molar-refractivity contribution in [2.45, 2.75) is 39.3 Å². The van der Waals surface area contributed by atoms with Crippen molar-refractivity contribution >= 4 is 28.0 Å². The molecule has 1 amide bonds. The van der Waals surface area contributed by atoms with Gasteiger partial charge in [-0.3, -0.25) is 9.59 Å². The van der Waals surface area contributed by atoms with Crippen molar-refractivity contribution in [3.63, 3.8) is 0 Å². The molecule has 0 spiro atoms. The maximum Gasteiger partial charge on any atom is 0.275 e. The normalized spacial score (nSPS) is 16.7. The number of carbonyl (C=O) groups excluding carboxylic acids is 1. The van der Waals surface area contributed by atoms with Gasteiger partial charge in [0, 0.05) is 16.8 Å². The molecule has 0 bridgehead atoms. The van der Waals surface area contributed by atoms with Gasteiger partial charge in [0.1, 0.15) is 6.54 Å². The summed E-state index contributed by atoms with van der Waals surface area (Å²) in [4.78, 5) is 29.0. The topological polar surface area (TPSA) is 55.2 Å². The zero-order valence-electron chi connectivity index (χ0n) is 14.9. The van der Waals surface area contributed by atoms with Gasteiger partial charge in [0.2, 0.25) is 5.91 Å². The van der Waals surface area contributed by atoms with Crippen LogP contribution in [0.2, 0.25) is 0 Å². The first-order chi connectivity index (χ1) is 12.6. The molecular weight excluding hydrogens is 346 g/mol. The monoisotopic (exact) mass is 367 g/mol. The summed E-state index contributed by atoms with van der Waals surface area (Å²) in [5.74, 6) is -0.0435. The second-order valence-corrected chi connectivity index (χ2v) is 7.65. The van der Waals surface area contributed by atoms with E-state index in [1.54, 1.807) is 17.4 Å². The van der Waals surface area contributed by atoms with Gasteiger partial charge in [-0.25, -0.2) is 4.68 Å². The van der Waals surface area contributed by atoms with E-state index in [0.29, 0.717) is 11.9 Å². The molecule has 3 heterocycles. The number of amides is 1. The van der Waals surface area contributed by atoms with E-state index in [1.165, 1.54) is 15.1 Å². The Kier molecular flexibility index (Phi) is 4.36. The van der Waals surface area contributed by atoms with Crippen molar-refractivity contribution in [3.05, 3.63) is 62.2 Å². The van der Waals surface area contributed by atoms with Gasteiger partial charge in [0.05, 0.1) is 17.1 Å². The maximum absolute atomic E-state index is 13.0. The van der Waals surface area contributed by atoms with Crippen LogP contribution < -0.4 is 5.56 Å². The average molecular weight is 367 g/mol. The lowest BCUT2D eigenvalue weighted by Crippen LogP contribution is -2.42. The molecule has 0 N–H and O–H groups in total. The number of thiophene rings is 1. The summed E-state index contributed by atoms with van der Waals surface area (Å²) in [6.07, 6.45) is 1.75. The third-order valence-electron chi connectivity index (χ3n) is 5.14. The summed E-state index contributed by atoms with van der Waals surface area (Å²) < 4.78 is 1.32. The number of hydrogen-bond acceptors (Lipinski definition) is 4. The van der Waals surface area contributed by atoms with Crippen molar-refractivity contribution in [2.24, 2.45) is 0 Å². The van der Waals surface area contributed by atoms with Crippen molar-refractivity contribution in [2.75, 3.05) is 6.54 Å². The highest BCUT2D eigenvalue weighted by molar-refractivity contribution is 7.10. The maximum atomic E-state index is 13.0. The fraction of sp³-hybridized carbons (Fsp3) is 0.350. The molecule has 0 saturated heterocycles. The highest BCUT2D eigenvalue weighted by atomic mass is 32.1. The number of fused-ring (bicyclic) bond motifs is 2. The van der Waals surface area contributed by atoms with Crippen LogP contribution in [0.3, 0.4) is 0 Å². The second-order valence-electron chi connectivity index (χ2n) is 6.65. The van der Waals surface area contributed by atoms with Crippen LogP contribution in [-0.4, -0.2) is 27.1 Å². The Morgan fingerprint density at radius 2 is 2.04 bits per heavy atom. The third kappa shape index (κ3) is 2.74. The summed E-state index contributed by atoms with van der Waals surface area (Å²) in [6, 6.07) is 9.63. The van der Waals surface area contributed by atoms with E-state index in [-0.39, 0.29) is 24.1 Å². The predicted octanol–water partition coefficient (Wildman–Crippen LogP) is 3.30. The van der Waals surface area contributed by atoms with Crippen LogP contribution in [-0.2, 0) is 17.8 Å². The molecule has 1 aliphatic rings. The largest absolute Gasteiger partial charge is 0.334 e. The minimum Gasteiger partial charge on any atom is -0.334 e. The van der Waals surface area contributed by atoms with E-state index in [1.807, 2.05) is 30.0 Å². The van der Waals surface area contributed by atoms with Crippen molar-refractivity contribution < 1.29 is 4.79 Å². The number of nitrogens with zero attached hydrogens (tertiary/aromatic N) is 3. The molecule has 2 aromatic heterocycles. The number of aryl methyl sites for hydroxylation is 1. The lowest BCUT2D eigenvalue weighted by atomic mass is 9.98. The van der Waals surface area contributed by atoms with Gasteiger partial charge in [0.15, 0.2) is 0 Å². The Morgan fingerprint density at radius 3 is 2.81 bits per heavy atom. The molecule has 1 aromatic carbocycles. The van der Waals surface area contributed by atoms with Crippen LogP contribution in [0.5, 0.6) is 0 Å². The second kappa shape index (κ2) is 6.68. The number of aromatic nitrogens is 2. The first-order valence-corrected chi connectivity index (χ1v) is 9.80. The Labute approximate surface area is 155 Å². The van der Waals surface area contributed by atoms with E-state index < -0.39 is 0 Å². The Bertz CT molecular complexity index is 1040. The molecule has 26 heavy (non-hydrogen) atoms. The first kappa shape index (κ1) is 17.0. The summed E-state index contributed by atoms with van der Waals surface area (Å²) in [5, 5.41) is 7.93. The minimum atomic E-state index is -0.208. The molecule has 134 valence electrons. The molecule has 0 fully saturated rings. The number of benzene rings is 1. The van der Waals surface area contributed by atoms with Gasteiger partial charge >= 0.3 is 0 Å². The lowest BCUT2D eigenvalue weighted by molar-refractivity contribution is -0.135. The summed E-state index contributed by atoms with van der Waals surface area (Å²) in [7, 11) is 0. The smallest absolute Gasteiger partial charge is 0.275 e. The first-order valence-electron chi connectivity index (χ1n) is 8.92. The minimum absolute atomic E-state index is 0.0134. The third-order valence-corrected chi connectivity index (χ3v) is 6.14. The summed E-state index contributed by atoms with van der Waals surface area (Å²) in [6.45, 7) is 4.66. The number of carbonyl (C=O) groups is 1. The molecule has 0 radical (unpaired) electrons. The van der Waals surface area contributed by atoms with Gasteiger partial charge in [-0.05, 0) is 42.8 Å². The SMILES string of the molecule is CCC1c2ccsc2CCN1C(=O)Cn1nc(C)c2ccccc2c1=O. The van der Waals surface area contributed by atoms with E-state index in [9.17, 15) is 9.59 Å². The fourth-order valence-electron chi connectivity index (χ4n) is 3.87. The number of rotatable bonds is 3. The summed E-state index contributed by atoms with van der Waals surface area (Å²) in [5.41, 5.74) is 1.81. The predicted molar refractivity (Wildman–Crippen MR) is 104 cm³/mol. The van der Waals surface area contributed by atoms with Crippen LogP contribution in [0.15, 0.2) is 40.5 Å². The average Bonchev–Trinajstić information content (AvgIpc) is 3.13. The standard InChI is InChI=1S/C20H21N3O2S/c1-3-17-16-9-11-26-18(16)8-10-22(17)19(24)12-23-20(25)15-7-5-4-6-14(15)13(2)21-23/h4-7,9,11,17H,3,8,10,12H2,1-2H3. The van der Waals surface area contributed by atoms with Gasteiger partial charge < -0.3 is 4.90 Å². The number of hydrogen-bond donors (Lipinski definition) is 0. The van der Waals surface area contributed by atoms with E-state index in [0.717, 1.165) is 23.9 Å². The van der Waals surface area contributed by atoms with Gasteiger partial charge in [-0.2, -0.15) is 5.10 Å². The Morgan fingerprint density at radius 1 is 1.27 bits per heavy atom. The highest BCUT2D eigenvalue weighted by Gasteiger charge is 2.30. The molecule has 4 rings (SSSR count). The Balaban J connectivity index is 1.66. The van der Waals surface area contributed by atoms with E-state index in [2.05, 4.69) is 23.5 Å². The van der Waals surface area contributed by atoms with Crippen LogP contribution in [0.4, 0.5) is 0 Å². The van der Waals surface area contributed by atoms with E-state index >= 15 is 0 Å². The highest BCUT2D eigenvalue weighted by Crippen LogP contribution is 2.35. The van der Waals surface area contributed by atoms with E-state index in [4.69, 9.17) is 0 Å². The lowest BCUT2D eigenvalue weighted by Gasteiger charge is -2.35. The zero-order valence-corrected chi connectivity index (χ0v) is 15.8. The molecule has 1 unspecified atom stereocenters. The van der Waals surface area contributed by atoms with Crippen LogP contribution >= 0.6 is 11.3 Å². The fourth-order valence-corrected chi connectivity index (χ4v) is 4.79. The molecular formula is C20H21N3O2S. The molecule has 1 aliphatic heterocycles. The molecule has 0 aliphatic carbocycles. The van der Waals surface area contributed by atoms with Crippen LogP contribution in [0, 0.1) is 6.92 Å². The molecule has 5 nitrogen and oxygen atoms in total. The molecule has 6 heteroatoms. The van der Waals surface area contributed by atoms with Crippen LogP contribution in [0.25, 0.3) is 10.8 Å².